The van der Waals surface area contributed by atoms with Crippen molar-refractivity contribution in [1.29, 1.82) is 0 Å². The molecule has 0 radical (unpaired) electrons. The van der Waals surface area contributed by atoms with Gasteiger partial charge in [0, 0.05) is 23.8 Å². The number of rotatable bonds is 3. The Hall–Kier alpha value is -3.74. The maximum Gasteiger partial charge on any atom is 0.255 e. The lowest BCUT2D eigenvalue weighted by atomic mass is 10.1. The van der Waals surface area contributed by atoms with E-state index < -0.39 is 0 Å². The van der Waals surface area contributed by atoms with Crippen LogP contribution >= 0.6 is 0 Å². The van der Waals surface area contributed by atoms with Crippen molar-refractivity contribution in [1.82, 2.24) is 10.4 Å². The Morgan fingerprint density at radius 2 is 1.81 bits per heavy atom. The minimum atomic E-state index is -0.285. The van der Waals surface area contributed by atoms with Crippen LogP contribution in [0.2, 0.25) is 0 Å². The van der Waals surface area contributed by atoms with Crippen LogP contribution in [0.5, 0.6) is 0 Å². The summed E-state index contributed by atoms with van der Waals surface area (Å²) in [4.78, 5) is 40.2. The van der Waals surface area contributed by atoms with Gasteiger partial charge in [0.25, 0.3) is 5.91 Å². The number of hydrogen-bond acceptors (Lipinski definition) is 4. The lowest BCUT2D eigenvalue weighted by molar-refractivity contribution is -0.130. The zero-order valence-electron chi connectivity index (χ0n) is 14.3. The van der Waals surface area contributed by atoms with Gasteiger partial charge in [-0.25, -0.2) is 5.01 Å². The first-order valence-electron chi connectivity index (χ1n) is 8.49. The maximum absolute atomic E-state index is 12.5. The molecule has 2 heterocycles. The van der Waals surface area contributed by atoms with Gasteiger partial charge in [0.15, 0.2) is 0 Å². The average Bonchev–Trinajstić information content (AvgIpc) is 2.70. The number of aromatic nitrogens is 1. The summed E-state index contributed by atoms with van der Waals surface area (Å²) in [6.45, 7) is 0. The first-order chi connectivity index (χ1) is 13.1. The first kappa shape index (κ1) is 16.7. The standard InChI is InChI=1S/C20H16N4O3/c25-18-9-10-19(26)24(23-18)16-7-5-13(6-8-16)20(27)22-15-11-14-3-1-2-4-17(14)21-12-15/h1-8,11-12H,9-10H2,(H,22,27)(H,23,25). The van der Waals surface area contributed by atoms with Gasteiger partial charge in [-0.15, -0.1) is 0 Å². The minimum absolute atomic E-state index is 0.170. The van der Waals surface area contributed by atoms with E-state index in [1.54, 1.807) is 30.5 Å². The van der Waals surface area contributed by atoms with Crippen molar-refractivity contribution in [2.24, 2.45) is 0 Å². The predicted octanol–water partition coefficient (Wildman–Crippen LogP) is 2.65. The molecule has 27 heavy (non-hydrogen) atoms. The van der Waals surface area contributed by atoms with E-state index in [1.807, 2.05) is 30.3 Å². The van der Waals surface area contributed by atoms with E-state index in [1.165, 1.54) is 5.01 Å². The third-order valence-electron chi connectivity index (χ3n) is 4.29. The number of carbonyl (C=O) groups excluding carboxylic acids is 3. The molecule has 1 saturated heterocycles. The summed E-state index contributed by atoms with van der Waals surface area (Å²) in [7, 11) is 0. The van der Waals surface area contributed by atoms with E-state index in [4.69, 9.17) is 0 Å². The van der Waals surface area contributed by atoms with Crippen LogP contribution < -0.4 is 15.8 Å². The van der Waals surface area contributed by atoms with Gasteiger partial charge in [-0.3, -0.25) is 24.8 Å². The normalized spacial score (nSPS) is 14.1. The van der Waals surface area contributed by atoms with Crippen LogP contribution in [-0.2, 0) is 9.59 Å². The average molecular weight is 360 g/mol. The number of hydrogen-bond donors (Lipinski definition) is 2. The van der Waals surface area contributed by atoms with E-state index in [0.717, 1.165) is 10.9 Å². The number of pyridine rings is 1. The number of fused-ring (bicyclic) bond motifs is 1. The fourth-order valence-corrected chi connectivity index (χ4v) is 2.89. The van der Waals surface area contributed by atoms with Crippen LogP contribution in [0.4, 0.5) is 11.4 Å². The summed E-state index contributed by atoms with van der Waals surface area (Å²) in [5.74, 6) is -0.679. The molecule has 0 saturated carbocycles. The smallest absolute Gasteiger partial charge is 0.255 e. The number of hydrazine groups is 1. The zero-order chi connectivity index (χ0) is 18.8. The quantitative estimate of drug-likeness (QED) is 0.751. The van der Waals surface area contributed by atoms with Crippen LogP contribution in [0.3, 0.4) is 0 Å². The topological polar surface area (TPSA) is 91.4 Å². The number of nitrogens with zero attached hydrogens (tertiary/aromatic N) is 2. The van der Waals surface area contributed by atoms with Crippen molar-refractivity contribution < 1.29 is 14.4 Å². The summed E-state index contributed by atoms with van der Waals surface area (Å²) in [5.41, 5.74) is 4.92. The molecule has 3 amide bonds. The third-order valence-corrected chi connectivity index (χ3v) is 4.29. The fraction of sp³-hybridized carbons (Fsp3) is 0.100. The molecular formula is C20H16N4O3. The molecule has 7 nitrogen and oxygen atoms in total. The highest BCUT2D eigenvalue weighted by atomic mass is 16.2. The molecule has 0 atom stereocenters. The molecule has 0 bridgehead atoms. The number of nitrogens with one attached hydrogen (secondary N) is 2. The molecule has 2 aromatic carbocycles. The lowest BCUT2D eigenvalue weighted by Crippen LogP contribution is -2.50. The highest BCUT2D eigenvalue weighted by Crippen LogP contribution is 2.20. The molecule has 2 N–H and O–H groups in total. The second kappa shape index (κ2) is 6.87. The van der Waals surface area contributed by atoms with Gasteiger partial charge in [-0.1, -0.05) is 18.2 Å². The monoisotopic (exact) mass is 360 g/mol. The molecule has 3 aromatic rings. The van der Waals surface area contributed by atoms with E-state index in [0.29, 0.717) is 16.9 Å². The van der Waals surface area contributed by atoms with Gasteiger partial charge >= 0.3 is 0 Å². The Labute approximate surface area is 155 Å². The number of amides is 3. The van der Waals surface area contributed by atoms with Crippen molar-refractivity contribution >= 4 is 40.0 Å². The maximum atomic E-state index is 12.5. The fourth-order valence-electron chi connectivity index (χ4n) is 2.89. The van der Waals surface area contributed by atoms with Crippen LogP contribution in [0.15, 0.2) is 60.8 Å². The molecule has 0 unspecified atom stereocenters. The van der Waals surface area contributed by atoms with E-state index in [2.05, 4.69) is 15.7 Å². The Morgan fingerprint density at radius 3 is 2.63 bits per heavy atom. The Balaban J connectivity index is 1.50. The molecule has 1 aromatic heterocycles. The van der Waals surface area contributed by atoms with E-state index >= 15 is 0 Å². The number of carbonyl (C=O) groups is 3. The molecule has 1 aliphatic rings. The summed E-state index contributed by atoms with van der Waals surface area (Å²) in [6.07, 6.45) is 1.97. The number of para-hydroxylation sites is 1. The number of anilines is 2. The van der Waals surface area contributed by atoms with Crippen molar-refractivity contribution in [3.05, 3.63) is 66.4 Å². The SMILES string of the molecule is O=C1CCC(=O)N(c2ccc(C(=O)Nc3cnc4ccccc4c3)cc2)N1. The Morgan fingerprint density at radius 1 is 1.04 bits per heavy atom. The molecule has 134 valence electrons. The summed E-state index contributed by atoms with van der Waals surface area (Å²) in [6, 6.07) is 16.0. The van der Waals surface area contributed by atoms with Crippen molar-refractivity contribution in [3.63, 3.8) is 0 Å². The van der Waals surface area contributed by atoms with Gasteiger partial charge in [-0.2, -0.15) is 0 Å². The minimum Gasteiger partial charge on any atom is -0.321 e. The van der Waals surface area contributed by atoms with Crippen LogP contribution in [0, 0.1) is 0 Å². The van der Waals surface area contributed by atoms with Gasteiger partial charge in [0.05, 0.1) is 23.1 Å². The second-order valence-electron chi connectivity index (χ2n) is 6.18. The van der Waals surface area contributed by atoms with Crippen molar-refractivity contribution in [2.45, 2.75) is 12.8 Å². The Kier molecular flexibility index (Phi) is 4.25. The second-order valence-corrected chi connectivity index (χ2v) is 6.18. The molecule has 0 spiro atoms. The molecule has 0 aliphatic carbocycles. The van der Waals surface area contributed by atoms with Gasteiger partial charge in [0.1, 0.15) is 0 Å². The molecular weight excluding hydrogens is 344 g/mol. The molecule has 4 rings (SSSR count). The zero-order valence-corrected chi connectivity index (χ0v) is 14.3. The summed E-state index contributed by atoms with van der Waals surface area (Å²) < 4.78 is 0. The number of benzene rings is 2. The predicted molar refractivity (Wildman–Crippen MR) is 101 cm³/mol. The van der Waals surface area contributed by atoms with Gasteiger partial charge < -0.3 is 5.32 Å². The molecule has 1 aliphatic heterocycles. The third kappa shape index (κ3) is 3.48. The van der Waals surface area contributed by atoms with E-state index in [9.17, 15) is 14.4 Å². The van der Waals surface area contributed by atoms with Crippen molar-refractivity contribution in [2.75, 3.05) is 10.3 Å². The first-order valence-corrected chi connectivity index (χ1v) is 8.49. The summed E-state index contributed by atoms with van der Waals surface area (Å²) in [5, 5.41) is 4.96. The lowest BCUT2D eigenvalue weighted by Gasteiger charge is -2.27. The van der Waals surface area contributed by atoms with E-state index in [-0.39, 0.29) is 30.6 Å². The highest BCUT2D eigenvalue weighted by molar-refractivity contribution is 6.06. The van der Waals surface area contributed by atoms with Crippen molar-refractivity contribution in [3.8, 4) is 0 Å². The molecule has 1 fully saturated rings. The van der Waals surface area contributed by atoms with Crippen LogP contribution in [0.25, 0.3) is 10.9 Å². The summed E-state index contributed by atoms with van der Waals surface area (Å²) >= 11 is 0. The highest BCUT2D eigenvalue weighted by Gasteiger charge is 2.24. The van der Waals surface area contributed by atoms with Gasteiger partial charge in [-0.05, 0) is 36.4 Å². The van der Waals surface area contributed by atoms with Gasteiger partial charge in [0.2, 0.25) is 11.8 Å². The Bertz CT molecular complexity index is 1050. The molecule has 7 heteroatoms. The van der Waals surface area contributed by atoms with Crippen LogP contribution in [-0.4, -0.2) is 22.7 Å². The largest absolute Gasteiger partial charge is 0.321 e. The van der Waals surface area contributed by atoms with Crippen LogP contribution in [0.1, 0.15) is 23.2 Å².